The van der Waals surface area contributed by atoms with E-state index in [1.165, 1.54) is 11.3 Å². The Morgan fingerprint density at radius 2 is 1.96 bits per heavy atom. The van der Waals surface area contributed by atoms with Crippen LogP contribution in [0.25, 0.3) is 10.6 Å². The SMILES string of the molecule is COc1cccc(-c2nc(COC(=O)c3cccc(N(C)C)c3)cs2)c1. The fraction of sp³-hybridized carbons (Fsp3) is 0.200. The highest BCUT2D eigenvalue weighted by molar-refractivity contribution is 7.13. The van der Waals surface area contributed by atoms with Crippen LogP contribution in [0.2, 0.25) is 0 Å². The number of hydrogen-bond donors (Lipinski definition) is 0. The van der Waals surface area contributed by atoms with Crippen molar-refractivity contribution in [1.29, 1.82) is 0 Å². The highest BCUT2D eigenvalue weighted by atomic mass is 32.1. The second-order valence-electron chi connectivity index (χ2n) is 5.90. The van der Waals surface area contributed by atoms with Crippen molar-refractivity contribution in [3.05, 3.63) is 65.2 Å². The Bertz CT molecular complexity index is 905. The maximum absolute atomic E-state index is 12.3. The Kier molecular flexibility index (Phi) is 5.53. The molecule has 0 spiro atoms. The van der Waals surface area contributed by atoms with Crippen molar-refractivity contribution in [3.63, 3.8) is 0 Å². The van der Waals surface area contributed by atoms with E-state index in [0.717, 1.165) is 27.7 Å². The monoisotopic (exact) mass is 368 g/mol. The molecule has 0 bridgehead atoms. The van der Waals surface area contributed by atoms with Crippen LogP contribution < -0.4 is 9.64 Å². The molecule has 26 heavy (non-hydrogen) atoms. The first-order valence-corrected chi connectivity index (χ1v) is 8.98. The van der Waals surface area contributed by atoms with Crippen LogP contribution in [-0.4, -0.2) is 32.2 Å². The Labute approximate surface area is 156 Å². The number of esters is 1. The first-order valence-electron chi connectivity index (χ1n) is 8.10. The van der Waals surface area contributed by atoms with Crippen molar-refractivity contribution in [2.75, 3.05) is 26.1 Å². The number of ether oxygens (including phenoxy) is 2. The van der Waals surface area contributed by atoms with Gasteiger partial charge in [-0.2, -0.15) is 0 Å². The molecule has 0 N–H and O–H groups in total. The first kappa shape index (κ1) is 17.9. The number of carbonyl (C=O) groups excluding carboxylic acids is 1. The minimum atomic E-state index is -0.357. The molecule has 0 aliphatic heterocycles. The molecule has 0 radical (unpaired) electrons. The van der Waals surface area contributed by atoms with Gasteiger partial charge in [0.2, 0.25) is 0 Å². The molecule has 0 atom stereocenters. The fourth-order valence-electron chi connectivity index (χ4n) is 2.40. The van der Waals surface area contributed by atoms with Crippen molar-refractivity contribution < 1.29 is 14.3 Å². The van der Waals surface area contributed by atoms with E-state index < -0.39 is 0 Å². The number of benzene rings is 2. The summed E-state index contributed by atoms with van der Waals surface area (Å²) in [5, 5.41) is 2.77. The van der Waals surface area contributed by atoms with Gasteiger partial charge in [-0.05, 0) is 30.3 Å². The molecule has 0 amide bonds. The summed E-state index contributed by atoms with van der Waals surface area (Å²) in [5.74, 6) is 0.427. The van der Waals surface area contributed by atoms with Gasteiger partial charge in [-0.3, -0.25) is 0 Å². The number of aromatic nitrogens is 1. The minimum Gasteiger partial charge on any atom is -0.497 e. The Balaban J connectivity index is 1.66. The molecule has 3 aromatic rings. The molecular weight excluding hydrogens is 348 g/mol. The quantitative estimate of drug-likeness (QED) is 0.609. The van der Waals surface area contributed by atoms with Gasteiger partial charge < -0.3 is 14.4 Å². The molecule has 6 heteroatoms. The van der Waals surface area contributed by atoms with Crippen LogP contribution in [0.4, 0.5) is 5.69 Å². The standard InChI is InChI=1S/C20H20N2O3S/c1-22(2)17-8-4-7-15(10-17)20(23)25-12-16-13-26-19(21-16)14-6-5-9-18(11-14)24-3/h4-11,13H,12H2,1-3H3. The summed E-state index contributed by atoms with van der Waals surface area (Å²) in [4.78, 5) is 18.8. The molecule has 3 rings (SSSR count). The Morgan fingerprint density at radius 3 is 2.73 bits per heavy atom. The number of rotatable bonds is 6. The third-order valence-corrected chi connectivity index (χ3v) is 4.76. The highest BCUT2D eigenvalue weighted by Gasteiger charge is 2.11. The molecule has 0 unspecified atom stereocenters. The zero-order valence-corrected chi connectivity index (χ0v) is 15.7. The molecule has 0 saturated carbocycles. The largest absolute Gasteiger partial charge is 0.497 e. The van der Waals surface area contributed by atoms with Gasteiger partial charge in [0.25, 0.3) is 0 Å². The van der Waals surface area contributed by atoms with Gasteiger partial charge in [0.05, 0.1) is 18.4 Å². The van der Waals surface area contributed by atoms with Gasteiger partial charge >= 0.3 is 5.97 Å². The molecule has 0 fully saturated rings. The van der Waals surface area contributed by atoms with E-state index in [1.807, 2.05) is 66.8 Å². The van der Waals surface area contributed by atoms with Crippen LogP contribution in [0.5, 0.6) is 5.75 Å². The summed E-state index contributed by atoms with van der Waals surface area (Å²) in [5.41, 5.74) is 3.18. The molecular formula is C20H20N2O3S. The number of hydrogen-bond acceptors (Lipinski definition) is 6. The lowest BCUT2D eigenvalue weighted by molar-refractivity contribution is 0.0468. The van der Waals surface area contributed by atoms with Crippen molar-refractivity contribution in [3.8, 4) is 16.3 Å². The van der Waals surface area contributed by atoms with Crippen LogP contribution >= 0.6 is 11.3 Å². The molecule has 1 aromatic heterocycles. The second kappa shape index (κ2) is 8.01. The molecule has 1 heterocycles. The summed E-state index contributed by atoms with van der Waals surface area (Å²) in [7, 11) is 5.50. The van der Waals surface area contributed by atoms with Crippen LogP contribution in [0.15, 0.2) is 53.9 Å². The number of thiazole rings is 1. The van der Waals surface area contributed by atoms with Gasteiger partial charge in [0, 0.05) is 30.7 Å². The van der Waals surface area contributed by atoms with Gasteiger partial charge in [0.1, 0.15) is 17.4 Å². The summed E-state index contributed by atoms with van der Waals surface area (Å²) in [6.07, 6.45) is 0. The van der Waals surface area contributed by atoms with Gasteiger partial charge in [0.15, 0.2) is 0 Å². The number of nitrogens with zero attached hydrogens (tertiary/aromatic N) is 2. The van der Waals surface area contributed by atoms with E-state index in [0.29, 0.717) is 5.56 Å². The Morgan fingerprint density at radius 1 is 1.15 bits per heavy atom. The third kappa shape index (κ3) is 4.21. The molecule has 0 saturated heterocycles. The van der Waals surface area contributed by atoms with Crippen molar-refractivity contribution in [2.45, 2.75) is 6.61 Å². The first-order chi connectivity index (χ1) is 12.6. The topological polar surface area (TPSA) is 51.7 Å². The van der Waals surface area contributed by atoms with Gasteiger partial charge in [-0.1, -0.05) is 18.2 Å². The summed E-state index contributed by atoms with van der Waals surface area (Å²) >= 11 is 1.51. The van der Waals surface area contributed by atoms with Crippen molar-refractivity contribution >= 4 is 23.0 Å². The Hall–Kier alpha value is -2.86. The zero-order valence-electron chi connectivity index (χ0n) is 14.9. The lowest BCUT2D eigenvalue weighted by Gasteiger charge is -2.13. The fourth-order valence-corrected chi connectivity index (χ4v) is 3.20. The highest BCUT2D eigenvalue weighted by Crippen LogP contribution is 2.27. The van der Waals surface area contributed by atoms with Crippen molar-refractivity contribution in [1.82, 2.24) is 4.98 Å². The average molecular weight is 368 g/mol. The number of anilines is 1. The van der Waals surface area contributed by atoms with E-state index in [1.54, 1.807) is 13.2 Å². The summed E-state index contributed by atoms with van der Waals surface area (Å²) < 4.78 is 10.6. The molecule has 5 nitrogen and oxygen atoms in total. The van der Waals surface area contributed by atoms with Crippen LogP contribution in [0, 0.1) is 0 Å². The predicted molar refractivity (Wildman–Crippen MR) is 104 cm³/mol. The predicted octanol–water partition coefficient (Wildman–Crippen LogP) is 4.24. The number of carbonyl (C=O) groups is 1. The molecule has 0 aliphatic carbocycles. The van der Waals surface area contributed by atoms with Crippen LogP contribution in [0.1, 0.15) is 16.1 Å². The summed E-state index contributed by atoms with van der Waals surface area (Å²) in [6, 6.07) is 15.1. The van der Waals surface area contributed by atoms with E-state index in [2.05, 4.69) is 4.98 Å². The van der Waals surface area contributed by atoms with Crippen LogP contribution in [-0.2, 0) is 11.3 Å². The van der Waals surface area contributed by atoms with E-state index in [-0.39, 0.29) is 12.6 Å². The maximum atomic E-state index is 12.3. The number of methoxy groups -OCH3 is 1. The van der Waals surface area contributed by atoms with Gasteiger partial charge in [-0.25, -0.2) is 9.78 Å². The summed E-state index contributed by atoms with van der Waals surface area (Å²) in [6.45, 7) is 0.144. The van der Waals surface area contributed by atoms with Crippen molar-refractivity contribution in [2.24, 2.45) is 0 Å². The lowest BCUT2D eigenvalue weighted by atomic mass is 10.2. The lowest BCUT2D eigenvalue weighted by Crippen LogP contribution is -2.11. The van der Waals surface area contributed by atoms with Gasteiger partial charge in [-0.15, -0.1) is 11.3 Å². The molecule has 134 valence electrons. The second-order valence-corrected chi connectivity index (χ2v) is 6.75. The maximum Gasteiger partial charge on any atom is 0.338 e. The smallest absolute Gasteiger partial charge is 0.338 e. The van der Waals surface area contributed by atoms with Crippen LogP contribution in [0.3, 0.4) is 0 Å². The van der Waals surface area contributed by atoms with E-state index >= 15 is 0 Å². The molecule has 0 aliphatic rings. The van der Waals surface area contributed by atoms with E-state index in [4.69, 9.17) is 9.47 Å². The van der Waals surface area contributed by atoms with E-state index in [9.17, 15) is 4.79 Å². The normalized spacial score (nSPS) is 10.4. The molecule has 2 aromatic carbocycles. The zero-order chi connectivity index (χ0) is 18.5. The third-order valence-electron chi connectivity index (χ3n) is 3.82. The average Bonchev–Trinajstić information content (AvgIpc) is 3.15. The minimum absolute atomic E-state index is 0.144.